The van der Waals surface area contributed by atoms with Gasteiger partial charge in [-0.25, -0.2) is 0 Å². The van der Waals surface area contributed by atoms with Gasteiger partial charge in [-0.2, -0.15) is 0 Å². The second-order valence-electron chi connectivity index (χ2n) is 5.84. The van der Waals surface area contributed by atoms with Crippen LogP contribution in [0.2, 0.25) is 0 Å². The molecule has 0 amide bonds. The minimum atomic E-state index is -0.482. The van der Waals surface area contributed by atoms with Crippen LogP contribution in [0.15, 0.2) is 79.9 Å². The van der Waals surface area contributed by atoms with E-state index in [0.717, 1.165) is 12.8 Å². The van der Waals surface area contributed by atoms with Crippen LogP contribution in [0.1, 0.15) is 18.4 Å². The minimum absolute atomic E-state index is 0.482. The van der Waals surface area contributed by atoms with Gasteiger partial charge in [-0.15, -0.1) is 13.2 Å². The summed E-state index contributed by atoms with van der Waals surface area (Å²) in [6, 6.07) is 19.1. The van der Waals surface area contributed by atoms with E-state index in [4.69, 9.17) is 5.73 Å². The lowest BCUT2D eigenvalue weighted by molar-refractivity contribution is 0.464. The van der Waals surface area contributed by atoms with Gasteiger partial charge in [0, 0.05) is 5.54 Å². The van der Waals surface area contributed by atoms with Crippen LogP contribution in [0.4, 0.5) is 0 Å². The van der Waals surface area contributed by atoms with Gasteiger partial charge in [0.1, 0.15) is 0 Å². The molecule has 2 N–H and O–H groups in total. The third kappa shape index (κ3) is 2.34. The standard InChI is InChI=1S/C21H21N/c1-3-13-21(22,14-4-2)20-18-11-7-5-9-16(18)15-17-10-6-8-12-19(17)20/h3-12,15H,1-2,13-14,22H2. The quantitative estimate of drug-likeness (QED) is 0.500. The molecule has 0 aliphatic carbocycles. The summed E-state index contributed by atoms with van der Waals surface area (Å²) < 4.78 is 0. The molecule has 1 nitrogen and oxygen atoms in total. The molecule has 3 aromatic carbocycles. The van der Waals surface area contributed by atoms with Crippen LogP contribution in [0.3, 0.4) is 0 Å². The lowest BCUT2D eigenvalue weighted by Crippen LogP contribution is -2.36. The van der Waals surface area contributed by atoms with E-state index in [2.05, 4.69) is 67.8 Å². The molecule has 0 radical (unpaired) electrons. The SMILES string of the molecule is C=CCC(N)(CC=C)c1c2ccccc2cc2ccccc12. The Labute approximate surface area is 131 Å². The fraction of sp³-hybridized carbons (Fsp3) is 0.143. The summed E-state index contributed by atoms with van der Waals surface area (Å²) in [4.78, 5) is 0. The summed E-state index contributed by atoms with van der Waals surface area (Å²) >= 11 is 0. The molecule has 0 fully saturated rings. The molecular formula is C21H21N. The molecule has 0 saturated carbocycles. The second kappa shape index (κ2) is 5.78. The average molecular weight is 287 g/mol. The maximum atomic E-state index is 6.83. The number of benzene rings is 3. The van der Waals surface area contributed by atoms with Crippen LogP contribution < -0.4 is 5.73 Å². The Kier molecular flexibility index (Phi) is 3.82. The number of rotatable bonds is 5. The summed E-state index contributed by atoms with van der Waals surface area (Å²) in [6.07, 6.45) is 5.24. The molecule has 110 valence electrons. The molecule has 1 heteroatoms. The van der Waals surface area contributed by atoms with Gasteiger partial charge in [0.2, 0.25) is 0 Å². The van der Waals surface area contributed by atoms with E-state index >= 15 is 0 Å². The first-order valence-corrected chi connectivity index (χ1v) is 7.61. The molecule has 0 aliphatic heterocycles. The van der Waals surface area contributed by atoms with E-state index in [1.165, 1.54) is 27.1 Å². The molecule has 0 bridgehead atoms. The first-order valence-electron chi connectivity index (χ1n) is 7.61. The van der Waals surface area contributed by atoms with Crippen molar-refractivity contribution in [2.45, 2.75) is 18.4 Å². The van der Waals surface area contributed by atoms with Crippen molar-refractivity contribution in [3.8, 4) is 0 Å². The van der Waals surface area contributed by atoms with E-state index in [0.29, 0.717) is 0 Å². The summed E-state index contributed by atoms with van der Waals surface area (Å²) in [5, 5.41) is 4.87. The average Bonchev–Trinajstić information content (AvgIpc) is 2.52. The molecule has 0 aromatic heterocycles. The predicted molar refractivity (Wildman–Crippen MR) is 96.9 cm³/mol. The minimum Gasteiger partial charge on any atom is -0.321 e. The van der Waals surface area contributed by atoms with Gasteiger partial charge in [0.05, 0.1) is 0 Å². The number of hydrogen-bond acceptors (Lipinski definition) is 1. The number of fused-ring (bicyclic) bond motifs is 2. The van der Waals surface area contributed by atoms with E-state index in [-0.39, 0.29) is 0 Å². The largest absolute Gasteiger partial charge is 0.321 e. The van der Waals surface area contributed by atoms with Gasteiger partial charge in [-0.3, -0.25) is 0 Å². The zero-order valence-electron chi connectivity index (χ0n) is 12.8. The Balaban J connectivity index is 2.46. The van der Waals surface area contributed by atoms with Gasteiger partial charge < -0.3 is 5.73 Å². The molecule has 22 heavy (non-hydrogen) atoms. The Bertz CT molecular complexity index is 781. The van der Waals surface area contributed by atoms with Crippen LogP contribution in [-0.2, 0) is 5.54 Å². The lowest BCUT2D eigenvalue weighted by atomic mass is 9.79. The van der Waals surface area contributed by atoms with Crippen molar-refractivity contribution < 1.29 is 0 Å². The van der Waals surface area contributed by atoms with Crippen molar-refractivity contribution in [2.75, 3.05) is 0 Å². The molecule has 3 rings (SSSR count). The first kappa shape index (κ1) is 14.6. The Morgan fingerprint density at radius 2 is 1.27 bits per heavy atom. The number of nitrogens with two attached hydrogens (primary N) is 1. The van der Waals surface area contributed by atoms with Crippen molar-refractivity contribution in [3.05, 3.63) is 85.5 Å². The Morgan fingerprint density at radius 1 is 0.818 bits per heavy atom. The van der Waals surface area contributed by atoms with E-state index in [9.17, 15) is 0 Å². The topological polar surface area (TPSA) is 26.0 Å². The van der Waals surface area contributed by atoms with Crippen molar-refractivity contribution in [1.82, 2.24) is 0 Å². The fourth-order valence-electron chi connectivity index (χ4n) is 3.35. The van der Waals surface area contributed by atoms with Crippen molar-refractivity contribution in [3.63, 3.8) is 0 Å². The van der Waals surface area contributed by atoms with Crippen LogP contribution in [-0.4, -0.2) is 0 Å². The molecule has 0 heterocycles. The highest BCUT2D eigenvalue weighted by Gasteiger charge is 2.28. The highest BCUT2D eigenvalue weighted by molar-refractivity contribution is 6.03. The number of hydrogen-bond donors (Lipinski definition) is 1. The highest BCUT2D eigenvalue weighted by Crippen LogP contribution is 2.38. The smallest absolute Gasteiger partial charge is 0.0491 e. The normalized spacial score (nSPS) is 11.7. The molecule has 0 unspecified atom stereocenters. The van der Waals surface area contributed by atoms with E-state index in [1.807, 2.05) is 12.2 Å². The monoisotopic (exact) mass is 287 g/mol. The van der Waals surface area contributed by atoms with Crippen molar-refractivity contribution in [1.29, 1.82) is 0 Å². The molecule has 0 spiro atoms. The fourth-order valence-corrected chi connectivity index (χ4v) is 3.35. The molecule has 0 atom stereocenters. The van der Waals surface area contributed by atoms with Crippen LogP contribution in [0, 0.1) is 0 Å². The molecule has 0 aliphatic rings. The van der Waals surface area contributed by atoms with Gasteiger partial charge in [-0.1, -0.05) is 60.7 Å². The summed E-state index contributed by atoms with van der Waals surface area (Å²) in [6.45, 7) is 7.80. The van der Waals surface area contributed by atoms with E-state index < -0.39 is 5.54 Å². The zero-order chi connectivity index (χ0) is 15.6. The molecule has 3 aromatic rings. The van der Waals surface area contributed by atoms with Gasteiger partial charge >= 0.3 is 0 Å². The predicted octanol–water partition coefficient (Wildman–Crippen LogP) is 5.30. The first-order chi connectivity index (χ1) is 10.7. The maximum absolute atomic E-state index is 6.83. The maximum Gasteiger partial charge on any atom is 0.0491 e. The molecule has 0 saturated heterocycles. The van der Waals surface area contributed by atoms with Gasteiger partial charge in [-0.05, 0) is 46.0 Å². The molecular weight excluding hydrogens is 266 g/mol. The highest BCUT2D eigenvalue weighted by atomic mass is 14.7. The van der Waals surface area contributed by atoms with Gasteiger partial charge in [0.25, 0.3) is 0 Å². The Morgan fingerprint density at radius 3 is 1.73 bits per heavy atom. The van der Waals surface area contributed by atoms with Crippen LogP contribution >= 0.6 is 0 Å². The summed E-state index contributed by atoms with van der Waals surface area (Å²) in [5.41, 5.74) is 7.54. The third-order valence-corrected chi connectivity index (χ3v) is 4.29. The van der Waals surface area contributed by atoms with Gasteiger partial charge in [0.15, 0.2) is 0 Å². The zero-order valence-corrected chi connectivity index (χ0v) is 12.8. The third-order valence-electron chi connectivity index (χ3n) is 4.29. The van der Waals surface area contributed by atoms with E-state index in [1.54, 1.807) is 0 Å². The van der Waals surface area contributed by atoms with Crippen molar-refractivity contribution in [2.24, 2.45) is 5.73 Å². The van der Waals surface area contributed by atoms with Crippen LogP contribution in [0.25, 0.3) is 21.5 Å². The summed E-state index contributed by atoms with van der Waals surface area (Å²) in [5.74, 6) is 0. The van der Waals surface area contributed by atoms with Crippen LogP contribution in [0.5, 0.6) is 0 Å². The summed E-state index contributed by atoms with van der Waals surface area (Å²) in [7, 11) is 0. The second-order valence-corrected chi connectivity index (χ2v) is 5.84. The Hall–Kier alpha value is -2.38. The lowest BCUT2D eigenvalue weighted by Gasteiger charge is -2.31. The van der Waals surface area contributed by atoms with Crippen molar-refractivity contribution >= 4 is 21.5 Å².